The Hall–Kier alpha value is -1.84. The van der Waals surface area contributed by atoms with Crippen molar-refractivity contribution in [3.05, 3.63) is 59.9 Å². The van der Waals surface area contributed by atoms with Crippen LogP contribution in [0.4, 0.5) is 0 Å². The predicted molar refractivity (Wildman–Crippen MR) is 112 cm³/mol. The molecule has 0 amide bonds. The third-order valence-corrected chi connectivity index (χ3v) is 7.72. The van der Waals surface area contributed by atoms with Gasteiger partial charge >= 0.3 is 0 Å². The van der Waals surface area contributed by atoms with Crippen molar-refractivity contribution in [1.82, 2.24) is 25.0 Å². The third-order valence-electron chi connectivity index (χ3n) is 5.81. The fraction of sp³-hybridized carbons (Fsp3) is 0.476. The third kappa shape index (κ3) is 4.51. The van der Waals surface area contributed by atoms with Crippen LogP contribution in [0.15, 0.2) is 53.7 Å². The highest BCUT2D eigenvalue weighted by Crippen LogP contribution is 2.25. The number of aromatic nitrogens is 1. The van der Waals surface area contributed by atoms with E-state index in [-0.39, 0.29) is 12.2 Å². The topological polar surface area (TPSA) is 77.6 Å². The van der Waals surface area contributed by atoms with Crippen LogP contribution in [0.25, 0.3) is 0 Å². The average Bonchev–Trinajstić information content (AvgIpc) is 3.25. The highest BCUT2D eigenvalue weighted by atomic mass is 32.2. The van der Waals surface area contributed by atoms with Gasteiger partial charge in [0.1, 0.15) is 0 Å². The molecule has 4 rings (SSSR count). The van der Waals surface area contributed by atoms with Crippen LogP contribution in [-0.2, 0) is 16.4 Å². The maximum absolute atomic E-state index is 13.0. The van der Waals surface area contributed by atoms with E-state index in [2.05, 4.69) is 27.7 Å². The summed E-state index contributed by atoms with van der Waals surface area (Å²) in [5.74, 6) is 0. The molecule has 1 aromatic heterocycles. The van der Waals surface area contributed by atoms with Crippen LogP contribution in [0.5, 0.6) is 0 Å². The Morgan fingerprint density at radius 3 is 2.34 bits per heavy atom. The van der Waals surface area contributed by atoms with Crippen LogP contribution in [0.2, 0.25) is 0 Å². The summed E-state index contributed by atoms with van der Waals surface area (Å²) in [5, 5.41) is 0. The van der Waals surface area contributed by atoms with Gasteiger partial charge in [0.25, 0.3) is 0 Å². The lowest BCUT2D eigenvalue weighted by Gasteiger charge is -2.37. The van der Waals surface area contributed by atoms with Crippen LogP contribution in [0, 0.1) is 0 Å². The van der Waals surface area contributed by atoms with E-state index in [1.807, 2.05) is 36.7 Å². The number of hydrogen-bond donors (Lipinski definition) is 2. The maximum Gasteiger partial charge on any atom is 0.243 e. The summed E-state index contributed by atoms with van der Waals surface area (Å²) in [7, 11) is -3.43. The van der Waals surface area contributed by atoms with E-state index >= 15 is 0 Å². The normalized spacial score (nSPS) is 24.0. The van der Waals surface area contributed by atoms with Crippen LogP contribution in [0.1, 0.15) is 36.9 Å². The van der Waals surface area contributed by atoms with Crippen molar-refractivity contribution < 1.29 is 8.42 Å². The number of piperazine rings is 1. The largest absolute Gasteiger partial charge is 0.284 e. The highest BCUT2D eigenvalue weighted by Gasteiger charge is 2.34. The van der Waals surface area contributed by atoms with E-state index < -0.39 is 10.0 Å². The average molecular weight is 416 g/mol. The maximum atomic E-state index is 13.0. The molecule has 2 aliphatic heterocycles. The summed E-state index contributed by atoms with van der Waals surface area (Å²) in [6.07, 6.45) is 6.79. The lowest BCUT2D eigenvalue weighted by atomic mass is 10.1. The van der Waals surface area contributed by atoms with Crippen LogP contribution >= 0.6 is 0 Å². The first kappa shape index (κ1) is 20.4. The van der Waals surface area contributed by atoms with E-state index in [4.69, 9.17) is 0 Å². The van der Waals surface area contributed by atoms with Gasteiger partial charge in [0.2, 0.25) is 10.0 Å². The van der Waals surface area contributed by atoms with Crippen molar-refractivity contribution in [3.63, 3.8) is 0 Å². The van der Waals surface area contributed by atoms with Gasteiger partial charge in [0, 0.05) is 44.6 Å². The van der Waals surface area contributed by atoms with Gasteiger partial charge in [-0.2, -0.15) is 4.31 Å². The number of nitrogens with zero attached hydrogens (tertiary/aromatic N) is 3. The predicted octanol–water partition coefficient (Wildman–Crippen LogP) is 1.91. The zero-order valence-corrected chi connectivity index (χ0v) is 17.6. The monoisotopic (exact) mass is 415 g/mol. The summed E-state index contributed by atoms with van der Waals surface area (Å²) >= 11 is 0. The SMILES string of the molecule is CCCc1ccc(S(=O)(=O)N2CCN(C3CC(c4ccncc4)NN3)CC2)cc1. The molecule has 0 radical (unpaired) electrons. The van der Waals surface area contributed by atoms with Gasteiger partial charge in [-0.3, -0.25) is 9.88 Å². The second-order valence-electron chi connectivity index (χ2n) is 7.71. The first-order valence-corrected chi connectivity index (χ1v) is 11.8. The van der Waals surface area contributed by atoms with Crippen LogP contribution < -0.4 is 10.9 Å². The molecule has 2 aliphatic rings. The molecule has 2 unspecified atom stereocenters. The quantitative estimate of drug-likeness (QED) is 0.751. The fourth-order valence-corrected chi connectivity index (χ4v) is 5.54. The van der Waals surface area contributed by atoms with Gasteiger partial charge in [-0.25, -0.2) is 19.3 Å². The Kier molecular flexibility index (Phi) is 6.26. The standard InChI is InChI=1S/C21H29N5O2S/c1-2-3-17-4-6-19(7-5-17)29(27,28)26-14-12-25(13-15-26)21-16-20(23-24-21)18-8-10-22-11-9-18/h4-11,20-21,23-24H,2-3,12-16H2,1H3. The van der Waals surface area contributed by atoms with Gasteiger partial charge in [-0.15, -0.1) is 0 Å². The number of rotatable bonds is 6. The van der Waals surface area contributed by atoms with Crippen LogP contribution in [0.3, 0.4) is 0 Å². The molecule has 3 heterocycles. The molecule has 2 N–H and O–H groups in total. The van der Waals surface area contributed by atoms with Crippen molar-refractivity contribution in [2.75, 3.05) is 26.2 Å². The zero-order chi connectivity index (χ0) is 20.3. The van der Waals surface area contributed by atoms with E-state index in [1.165, 1.54) is 11.1 Å². The van der Waals surface area contributed by atoms with Crippen molar-refractivity contribution >= 4 is 10.0 Å². The van der Waals surface area contributed by atoms with E-state index in [0.29, 0.717) is 18.0 Å². The van der Waals surface area contributed by atoms with Gasteiger partial charge < -0.3 is 0 Å². The molecule has 2 atom stereocenters. The smallest absolute Gasteiger partial charge is 0.243 e. The molecule has 0 spiro atoms. The lowest BCUT2D eigenvalue weighted by molar-refractivity contribution is 0.123. The molecule has 7 nitrogen and oxygen atoms in total. The van der Waals surface area contributed by atoms with E-state index in [1.54, 1.807) is 16.4 Å². The van der Waals surface area contributed by atoms with E-state index in [9.17, 15) is 8.42 Å². The minimum Gasteiger partial charge on any atom is -0.284 e. The molecule has 2 saturated heterocycles. The fourth-order valence-electron chi connectivity index (χ4n) is 4.11. The van der Waals surface area contributed by atoms with Crippen molar-refractivity contribution in [3.8, 4) is 0 Å². The summed E-state index contributed by atoms with van der Waals surface area (Å²) in [5.41, 5.74) is 9.11. The first-order chi connectivity index (χ1) is 14.1. The molecule has 2 fully saturated rings. The molecule has 0 aliphatic carbocycles. The van der Waals surface area contributed by atoms with Gasteiger partial charge in [0.05, 0.1) is 11.1 Å². The molecule has 0 bridgehead atoms. The minimum atomic E-state index is -3.43. The number of aryl methyl sites for hydroxylation is 1. The second kappa shape index (κ2) is 8.89. The Balaban J connectivity index is 1.34. The molecule has 2 aromatic rings. The molecule has 0 saturated carbocycles. The summed E-state index contributed by atoms with van der Waals surface area (Å²) < 4.78 is 27.6. The highest BCUT2D eigenvalue weighted by molar-refractivity contribution is 7.89. The van der Waals surface area contributed by atoms with Gasteiger partial charge in [-0.05, 0) is 48.2 Å². The van der Waals surface area contributed by atoms with Crippen LogP contribution in [-0.4, -0.2) is 55.0 Å². The van der Waals surface area contributed by atoms with Crippen molar-refractivity contribution in [2.45, 2.75) is 43.3 Å². The number of sulfonamides is 1. The van der Waals surface area contributed by atoms with Gasteiger partial charge in [-0.1, -0.05) is 25.5 Å². The number of pyridine rings is 1. The number of hydrazine groups is 1. The van der Waals surface area contributed by atoms with Gasteiger partial charge in [0.15, 0.2) is 0 Å². The minimum absolute atomic E-state index is 0.200. The molecule has 8 heteroatoms. The summed E-state index contributed by atoms with van der Waals surface area (Å²) in [6, 6.07) is 11.6. The number of nitrogens with one attached hydrogen (secondary N) is 2. The Morgan fingerprint density at radius 2 is 1.69 bits per heavy atom. The molecule has 29 heavy (non-hydrogen) atoms. The van der Waals surface area contributed by atoms with Crippen molar-refractivity contribution in [2.24, 2.45) is 0 Å². The summed E-state index contributed by atoms with van der Waals surface area (Å²) in [4.78, 5) is 6.79. The lowest BCUT2D eigenvalue weighted by Crippen LogP contribution is -2.55. The summed E-state index contributed by atoms with van der Waals surface area (Å²) in [6.45, 7) is 4.58. The Labute approximate surface area is 173 Å². The van der Waals surface area contributed by atoms with E-state index in [0.717, 1.165) is 32.4 Å². The molecule has 1 aromatic carbocycles. The zero-order valence-electron chi connectivity index (χ0n) is 16.8. The molecular formula is C21H29N5O2S. The van der Waals surface area contributed by atoms with Crippen molar-refractivity contribution in [1.29, 1.82) is 0 Å². The number of hydrogen-bond acceptors (Lipinski definition) is 6. The first-order valence-electron chi connectivity index (χ1n) is 10.3. The molecule has 156 valence electrons. The Morgan fingerprint density at radius 1 is 1.00 bits per heavy atom. The number of benzene rings is 1. The Bertz CT molecular complexity index is 896. The molecular weight excluding hydrogens is 386 g/mol. The second-order valence-corrected chi connectivity index (χ2v) is 9.65.